The van der Waals surface area contributed by atoms with Crippen LogP contribution in [0.5, 0.6) is 0 Å². The number of nitrogens with one attached hydrogen (secondary N) is 2. The number of carbonyl (C=O) groups excluding carboxylic acids is 1. The molecule has 0 radical (unpaired) electrons. The molecular weight excluding hydrogens is 276 g/mol. The Hall–Kier alpha value is -2.50. The Morgan fingerprint density at radius 1 is 1.14 bits per heavy atom. The Labute approximate surface area is 120 Å². The van der Waals surface area contributed by atoms with Crippen LogP contribution >= 0.6 is 0 Å². The fourth-order valence-corrected chi connectivity index (χ4v) is 1.88. The van der Waals surface area contributed by atoms with Crippen molar-refractivity contribution in [3.8, 4) is 0 Å². The van der Waals surface area contributed by atoms with Crippen molar-refractivity contribution in [1.29, 1.82) is 0 Å². The number of aromatic nitrogens is 1. The summed E-state index contributed by atoms with van der Waals surface area (Å²) in [7, 11) is 0. The van der Waals surface area contributed by atoms with Gasteiger partial charge in [0.25, 0.3) is 0 Å². The number of para-hydroxylation sites is 1. The lowest BCUT2D eigenvalue weighted by Crippen LogP contribution is -2.14. The molecule has 0 unspecified atom stereocenters. The van der Waals surface area contributed by atoms with E-state index in [2.05, 4.69) is 15.6 Å². The highest BCUT2D eigenvalue weighted by Gasteiger charge is 2.29. The summed E-state index contributed by atoms with van der Waals surface area (Å²) in [6, 6.07) is 6.82. The molecule has 1 heterocycles. The molecule has 3 rings (SSSR count). The number of hydrogen-bond acceptors (Lipinski definition) is 3. The van der Waals surface area contributed by atoms with Crippen LogP contribution in [-0.2, 0) is 4.79 Å². The Balaban J connectivity index is 1.70. The normalized spacial score (nSPS) is 13.8. The summed E-state index contributed by atoms with van der Waals surface area (Å²) >= 11 is 0. The first kappa shape index (κ1) is 13.5. The molecule has 1 aliphatic rings. The predicted molar refractivity (Wildman–Crippen MR) is 75.2 cm³/mol. The third-order valence-corrected chi connectivity index (χ3v) is 3.19. The number of amides is 1. The van der Waals surface area contributed by atoms with E-state index in [0.29, 0.717) is 11.5 Å². The molecule has 1 aromatic heterocycles. The van der Waals surface area contributed by atoms with E-state index < -0.39 is 11.6 Å². The quantitative estimate of drug-likeness (QED) is 0.906. The molecule has 1 aromatic carbocycles. The van der Waals surface area contributed by atoms with E-state index in [1.165, 1.54) is 24.4 Å². The number of pyridine rings is 1. The Morgan fingerprint density at radius 3 is 2.43 bits per heavy atom. The molecule has 0 atom stereocenters. The summed E-state index contributed by atoms with van der Waals surface area (Å²) in [5.74, 6) is -0.880. The largest absolute Gasteiger partial charge is 0.349 e. The molecule has 21 heavy (non-hydrogen) atoms. The van der Waals surface area contributed by atoms with Crippen molar-refractivity contribution in [3.63, 3.8) is 0 Å². The molecule has 0 aliphatic heterocycles. The van der Waals surface area contributed by atoms with Crippen LogP contribution in [0, 0.1) is 17.6 Å². The molecule has 6 heteroatoms. The molecule has 108 valence electrons. The van der Waals surface area contributed by atoms with Crippen LogP contribution in [0.25, 0.3) is 0 Å². The highest BCUT2D eigenvalue weighted by Crippen LogP contribution is 2.30. The maximum absolute atomic E-state index is 13.5. The van der Waals surface area contributed by atoms with Crippen molar-refractivity contribution in [1.82, 2.24) is 4.98 Å². The van der Waals surface area contributed by atoms with Gasteiger partial charge in [-0.2, -0.15) is 0 Å². The van der Waals surface area contributed by atoms with Crippen LogP contribution in [0.15, 0.2) is 36.5 Å². The minimum Gasteiger partial charge on any atom is -0.349 e. The monoisotopic (exact) mass is 289 g/mol. The topological polar surface area (TPSA) is 54.0 Å². The second kappa shape index (κ2) is 5.47. The van der Waals surface area contributed by atoms with Gasteiger partial charge < -0.3 is 10.6 Å². The first-order valence-corrected chi connectivity index (χ1v) is 6.61. The molecule has 1 amide bonds. The van der Waals surface area contributed by atoms with Crippen LogP contribution in [0.2, 0.25) is 0 Å². The molecule has 2 N–H and O–H groups in total. The van der Waals surface area contributed by atoms with E-state index >= 15 is 0 Å². The van der Waals surface area contributed by atoms with Gasteiger partial charge in [-0.25, -0.2) is 13.8 Å². The highest BCUT2D eigenvalue weighted by molar-refractivity contribution is 5.93. The second-order valence-corrected chi connectivity index (χ2v) is 4.92. The highest BCUT2D eigenvalue weighted by atomic mass is 19.1. The number of carbonyl (C=O) groups is 1. The van der Waals surface area contributed by atoms with Crippen molar-refractivity contribution < 1.29 is 13.6 Å². The molecule has 1 saturated carbocycles. The summed E-state index contributed by atoms with van der Waals surface area (Å²) in [4.78, 5) is 15.6. The van der Waals surface area contributed by atoms with E-state index in [-0.39, 0.29) is 17.5 Å². The van der Waals surface area contributed by atoms with Gasteiger partial charge in [0, 0.05) is 5.92 Å². The van der Waals surface area contributed by atoms with E-state index in [4.69, 9.17) is 0 Å². The van der Waals surface area contributed by atoms with Crippen LogP contribution in [0.3, 0.4) is 0 Å². The number of anilines is 3. The van der Waals surface area contributed by atoms with Gasteiger partial charge in [0.05, 0.1) is 11.9 Å². The molecule has 1 fully saturated rings. The molecule has 0 saturated heterocycles. The Morgan fingerprint density at radius 2 is 1.86 bits per heavy atom. The van der Waals surface area contributed by atoms with Crippen molar-refractivity contribution in [2.75, 3.05) is 10.6 Å². The summed E-state index contributed by atoms with van der Waals surface area (Å²) < 4.78 is 27.0. The minimum atomic E-state index is -0.680. The summed E-state index contributed by atoms with van der Waals surface area (Å²) in [5, 5.41) is 5.32. The minimum absolute atomic E-state index is 0.0386. The third-order valence-electron chi connectivity index (χ3n) is 3.19. The van der Waals surface area contributed by atoms with E-state index in [9.17, 15) is 13.6 Å². The van der Waals surface area contributed by atoms with E-state index in [0.717, 1.165) is 12.8 Å². The van der Waals surface area contributed by atoms with Gasteiger partial charge in [0.15, 0.2) is 0 Å². The second-order valence-electron chi connectivity index (χ2n) is 4.92. The maximum Gasteiger partial charge on any atom is 0.228 e. The lowest BCUT2D eigenvalue weighted by molar-refractivity contribution is -0.117. The standard InChI is InChI=1S/C15H13F2N3O/c16-11-2-1-3-12(17)14(11)19-10-6-7-13(18-8-10)20-15(21)9-4-5-9/h1-3,6-9,19H,4-5H2,(H,18,20,21). The smallest absolute Gasteiger partial charge is 0.228 e. The van der Waals surface area contributed by atoms with Crippen LogP contribution in [0.4, 0.5) is 26.0 Å². The van der Waals surface area contributed by atoms with E-state index in [1.54, 1.807) is 12.1 Å². The summed E-state index contributed by atoms with van der Waals surface area (Å²) in [5.41, 5.74) is 0.206. The number of halogens is 2. The molecule has 4 nitrogen and oxygen atoms in total. The SMILES string of the molecule is O=C(Nc1ccc(Nc2c(F)cccc2F)cn1)C1CC1. The zero-order valence-corrected chi connectivity index (χ0v) is 11.1. The van der Waals surface area contributed by atoms with Gasteiger partial charge >= 0.3 is 0 Å². The van der Waals surface area contributed by atoms with Gasteiger partial charge in [0.2, 0.25) is 5.91 Å². The number of benzene rings is 1. The average molecular weight is 289 g/mol. The van der Waals surface area contributed by atoms with Crippen LogP contribution in [-0.4, -0.2) is 10.9 Å². The number of hydrogen-bond donors (Lipinski definition) is 2. The fraction of sp³-hybridized carbons (Fsp3) is 0.200. The molecule has 2 aromatic rings. The lowest BCUT2D eigenvalue weighted by Gasteiger charge is -2.09. The zero-order valence-electron chi connectivity index (χ0n) is 11.1. The number of nitrogens with zero attached hydrogens (tertiary/aromatic N) is 1. The van der Waals surface area contributed by atoms with Crippen LogP contribution in [0.1, 0.15) is 12.8 Å². The zero-order chi connectivity index (χ0) is 14.8. The molecular formula is C15H13F2N3O. The maximum atomic E-state index is 13.5. The predicted octanol–water partition coefficient (Wildman–Crippen LogP) is 3.45. The van der Waals surface area contributed by atoms with Gasteiger partial charge in [-0.05, 0) is 37.1 Å². The van der Waals surface area contributed by atoms with E-state index in [1.807, 2.05) is 0 Å². The van der Waals surface area contributed by atoms with Gasteiger partial charge in [0.1, 0.15) is 23.1 Å². The fourth-order valence-electron chi connectivity index (χ4n) is 1.88. The van der Waals surface area contributed by atoms with Gasteiger partial charge in [-0.15, -0.1) is 0 Å². The van der Waals surface area contributed by atoms with Crippen molar-refractivity contribution in [2.45, 2.75) is 12.8 Å². The number of rotatable bonds is 4. The Bertz CT molecular complexity index is 649. The third kappa shape index (κ3) is 3.16. The lowest BCUT2D eigenvalue weighted by atomic mass is 10.2. The first-order chi connectivity index (χ1) is 10.1. The molecule has 0 spiro atoms. The van der Waals surface area contributed by atoms with Crippen molar-refractivity contribution in [3.05, 3.63) is 48.2 Å². The van der Waals surface area contributed by atoms with Crippen LogP contribution < -0.4 is 10.6 Å². The van der Waals surface area contributed by atoms with Gasteiger partial charge in [-0.3, -0.25) is 4.79 Å². The molecule has 1 aliphatic carbocycles. The Kier molecular flexibility index (Phi) is 3.51. The summed E-state index contributed by atoms with van der Waals surface area (Å²) in [6.45, 7) is 0. The van der Waals surface area contributed by atoms with Gasteiger partial charge in [-0.1, -0.05) is 6.07 Å². The average Bonchev–Trinajstić information content (AvgIpc) is 3.29. The van der Waals surface area contributed by atoms with Crippen molar-refractivity contribution >= 4 is 23.1 Å². The first-order valence-electron chi connectivity index (χ1n) is 6.61. The summed E-state index contributed by atoms with van der Waals surface area (Å²) in [6.07, 6.45) is 3.24. The van der Waals surface area contributed by atoms with Crippen molar-refractivity contribution in [2.24, 2.45) is 5.92 Å². The molecule has 0 bridgehead atoms.